The molecule has 136 valence electrons. The molecule has 1 N–H and O–H groups in total. The molecule has 0 aromatic heterocycles. The van der Waals surface area contributed by atoms with Crippen molar-refractivity contribution < 1.29 is 31.0 Å². The molecule has 0 atom stereocenters. The van der Waals surface area contributed by atoms with Gasteiger partial charge in [-0.15, -0.1) is 0 Å². The molecule has 0 unspecified atom stereocenters. The summed E-state index contributed by atoms with van der Waals surface area (Å²) in [5.74, 6) is 1.88. The van der Waals surface area contributed by atoms with Gasteiger partial charge in [0.1, 0.15) is 0 Å². The number of hydrogen-bond donors (Lipinski definition) is 1. The van der Waals surface area contributed by atoms with Crippen LogP contribution in [0.5, 0.6) is 17.2 Å². The van der Waals surface area contributed by atoms with Gasteiger partial charge in [-0.1, -0.05) is 0 Å². The van der Waals surface area contributed by atoms with Gasteiger partial charge in [-0.2, -0.15) is 0 Å². The first-order chi connectivity index (χ1) is 12.5. The first kappa shape index (κ1) is 20.2. The predicted molar refractivity (Wildman–Crippen MR) is 118 cm³/mol. The quantitative estimate of drug-likeness (QED) is 0.419. The van der Waals surface area contributed by atoms with Crippen molar-refractivity contribution in [2.24, 2.45) is 0 Å². The second kappa shape index (κ2) is 9.09. The van der Waals surface area contributed by atoms with Gasteiger partial charge in [0.15, 0.2) is 0 Å². The fraction of sp³-hybridized carbons (Fsp3) is 0.143. The Morgan fingerprint density at radius 3 is 2.35 bits per heavy atom. The summed E-state index contributed by atoms with van der Waals surface area (Å²) >= 11 is 4.10. The minimum absolute atomic E-state index is 0.192. The van der Waals surface area contributed by atoms with E-state index in [9.17, 15) is 5.11 Å². The summed E-state index contributed by atoms with van der Waals surface area (Å²) in [5, 5.41) is 9.78. The number of aromatic hydroxyl groups is 1. The normalized spacial score (nSPS) is 10.9. The molecule has 5 heteroatoms. The van der Waals surface area contributed by atoms with Crippen molar-refractivity contribution in [3.63, 3.8) is 0 Å². The second-order valence-electron chi connectivity index (χ2n) is 5.82. The van der Waals surface area contributed by atoms with E-state index in [0.717, 1.165) is 25.1 Å². The molecule has 0 aliphatic heterocycles. The van der Waals surface area contributed by atoms with Gasteiger partial charge < -0.3 is 0 Å². The van der Waals surface area contributed by atoms with Crippen LogP contribution >= 0.6 is 45.2 Å². The number of phenols is 1. The number of halogens is 3. The summed E-state index contributed by atoms with van der Waals surface area (Å²) in [5.41, 5.74) is 2.65. The second-order valence-corrected chi connectivity index (χ2v) is 11.1. The molecule has 0 amide bonds. The standard InChI is InChI=1S/C21H18I3O2/c1-3-14-4-6-15(7-5-14)24-19-9-8-16(10-13(19)2)26-21-12-17(22)20(25)11-18(21)23/h4-12,25H,3H2,1-2H3/q-1. The Hall–Kier alpha value is -0.550. The first-order valence-corrected chi connectivity index (χ1v) is 12.5. The molecule has 3 aromatic carbocycles. The molecule has 0 bridgehead atoms. The number of rotatable bonds is 5. The Balaban J connectivity index is 1.78. The zero-order valence-corrected chi connectivity index (χ0v) is 20.9. The van der Waals surface area contributed by atoms with E-state index in [1.807, 2.05) is 12.1 Å². The zero-order chi connectivity index (χ0) is 18.7. The molecular weight excluding hydrogens is 665 g/mol. The van der Waals surface area contributed by atoms with E-state index < -0.39 is 0 Å². The predicted octanol–water partition coefficient (Wildman–Crippen LogP) is 3.39. The van der Waals surface area contributed by atoms with Crippen molar-refractivity contribution in [3.8, 4) is 17.2 Å². The van der Waals surface area contributed by atoms with Gasteiger partial charge >= 0.3 is 194 Å². The van der Waals surface area contributed by atoms with E-state index in [0.29, 0.717) is 0 Å². The third kappa shape index (κ3) is 5.03. The van der Waals surface area contributed by atoms with E-state index in [2.05, 4.69) is 95.4 Å². The third-order valence-corrected chi connectivity index (χ3v) is 8.73. The summed E-state index contributed by atoms with van der Waals surface area (Å²) in [7, 11) is 0. The van der Waals surface area contributed by atoms with Crippen LogP contribution in [0, 0.1) is 21.2 Å². The Morgan fingerprint density at radius 1 is 0.962 bits per heavy atom. The van der Waals surface area contributed by atoms with Gasteiger partial charge in [0, 0.05) is 0 Å². The molecule has 0 spiro atoms. The van der Waals surface area contributed by atoms with Crippen molar-refractivity contribution in [1.29, 1.82) is 0 Å². The minimum atomic E-state index is -0.192. The van der Waals surface area contributed by atoms with Crippen LogP contribution in [-0.2, 0) is 6.42 Å². The Morgan fingerprint density at radius 2 is 1.69 bits per heavy atom. The molecule has 0 fully saturated rings. The molecule has 0 saturated heterocycles. The molecule has 0 heterocycles. The average Bonchev–Trinajstić information content (AvgIpc) is 2.62. The van der Waals surface area contributed by atoms with Crippen LogP contribution in [0.1, 0.15) is 18.1 Å². The van der Waals surface area contributed by atoms with Crippen LogP contribution in [0.15, 0.2) is 54.6 Å². The average molecular weight is 683 g/mol. The zero-order valence-electron chi connectivity index (χ0n) is 14.4. The Labute approximate surface area is 191 Å². The van der Waals surface area contributed by atoms with Crippen LogP contribution in [0.3, 0.4) is 0 Å². The van der Waals surface area contributed by atoms with Crippen LogP contribution in [0.2, 0.25) is 0 Å². The van der Waals surface area contributed by atoms with Gasteiger partial charge in [-0.3, -0.25) is 0 Å². The maximum atomic E-state index is 9.78. The molecular formula is C21H18I3O2-. The molecule has 0 aliphatic rings. The molecule has 0 aliphatic carbocycles. The molecule has 0 saturated carbocycles. The van der Waals surface area contributed by atoms with Crippen LogP contribution in [-0.4, -0.2) is 5.11 Å². The van der Waals surface area contributed by atoms with Crippen molar-refractivity contribution in [3.05, 3.63) is 80.0 Å². The SMILES string of the molecule is CCc1ccc([I-]c2ccc(Oc3cc(I)c(O)cc3I)cc2C)cc1. The molecule has 2 nitrogen and oxygen atoms in total. The number of aryl methyl sites for hydroxylation is 2. The van der Waals surface area contributed by atoms with E-state index >= 15 is 0 Å². The molecule has 0 radical (unpaired) electrons. The third-order valence-electron chi connectivity index (χ3n) is 3.89. The summed E-state index contributed by atoms with van der Waals surface area (Å²) in [4.78, 5) is 0. The molecule has 3 aromatic rings. The summed E-state index contributed by atoms with van der Waals surface area (Å²) in [6, 6.07) is 18.9. The summed E-state index contributed by atoms with van der Waals surface area (Å²) < 4.78 is 10.6. The fourth-order valence-electron chi connectivity index (χ4n) is 2.41. The monoisotopic (exact) mass is 683 g/mol. The van der Waals surface area contributed by atoms with Crippen LogP contribution in [0.25, 0.3) is 0 Å². The molecule has 26 heavy (non-hydrogen) atoms. The number of hydrogen-bond acceptors (Lipinski definition) is 2. The van der Waals surface area contributed by atoms with Crippen molar-refractivity contribution in [2.45, 2.75) is 20.3 Å². The number of phenolic OH excluding ortho intramolecular Hbond substituents is 1. The van der Waals surface area contributed by atoms with Crippen LogP contribution < -0.4 is 25.9 Å². The van der Waals surface area contributed by atoms with Gasteiger partial charge in [-0.25, -0.2) is 0 Å². The van der Waals surface area contributed by atoms with Gasteiger partial charge in [-0.05, 0) is 0 Å². The van der Waals surface area contributed by atoms with E-state index in [1.165, 1.54) is 18.3 Å². The van der Waals surface area contributed by atoms with E-state index in [1.54, 1.807) is 6.07 Å². The molecule has 3 rings (SSSR count). The Bertz CT molecular complexity index is 921. The van der Waals surface area contributed by atoms with Gasteiger partial charge in [0.2, 0.25) is 0 Å². The summed E-state index contributed by atoms with van der Waals surface area (Å²) in [6.07, 6.45) is 1.08. The van der Waals surface area contributed by atoms with Gasteiger partial charge in [0.25, 0.3) is 0 Å². The van der Waals surface area contributed by atoms with E-state index in [-0.39, 0.29) is 27.0 Å². The summed E-state index contributed by atoms with van der Waals surface area (Å²) in [6.45, 7) is 4.33. The van der Waals surface area contributed by atoms with Crippen molar-refractivity contribution in [1.82, 2.24) is 0 Å². The fourth-order valence-corrected chi connectivity index (χ4v) is 5.74. The van der Waals surface area contributed by atoms with E-state index in [4.69, 9.17) is 4.74 Å². The number of benzene rings is 3. The first-order valence-electron chi connectivity index (χ1n) is 8.16. The Kier molecular flexibility index (Phi) is 7.06. The number of ether oxygens (including phenoxy) is 1. The van der Waals surface area contributed by atoms with Crippen LogP contribution in [0.4, 0.5) is 0 Å². The topological polar surface area (TPSA) is 29.5 Å². The van der Waals surface area contributed by atoms with Crippen molar-refractivity contribution in [2.75, 3.05) is 0 Å². The van der Waals surface area contributed by atoms with Gasteiger partial charge in [0.05, 0.1) is 0 Å². The maximum absolute atomic E-state index is 9.78. The van der Waals surface area contributed by atoms with Crippen molar-refractivity contribution >= 4 is 45.2 Å².